The van der Waals surface area contributed by atoms with Crippen LogP contribution in [-0.2, 0) is 0 Å². The molecule has 0 heterocycles. The van der Waals surface area contributed by atoms with Crippen molar-refractivity contribution >= 4 is 11.4 Å². The molecule has 1 aromatic rings. The van der Waals surface area contributed by atoms with Gasteiger partial charge in [0.25, 0.3) is 5.69 Å². The zero-order valence-corrected chi connectivity index (χ0v) is 10.6. The lowest BCUT2D eigenvalue weighted by atomic mass is 9.85. The van der Waals surface area contributed by atoms with Crippen LogP contribution in [0.15, 0.2) is 18.2 Å². The second kappa shape index (κ2) is 5.52. The second-order valence-corrected chi connectivity index (χ2v) is 5.06. The Balaban J connectivity index is 2.08. The highest BCUT2D eigenvalue weighted by molar-refractivity contribution is 5.61. The first kappa shape index (κ1) is 13.7. The summed E-state index contributed by atoms with van der Waals surface area (Å²) in [5.74, 6) is -0.645. The van der Waals surface area contributed by atoms with Gasteiger partial charge in [0.05, 0.1) is 16.6 Å². The largest absolute Gasteiger partial charge is 0.388 e. The number of benzene rings is 1. The number of halogens is 1. The third-order valence-corrected chi connectivity index (χ3v) is 3.55. The first-order chi connectivity index (χ1) is 9.00. The highest BCUT2D eigenvalue weighted by Gasteiger charge is 2.29. The second-order valence-electron chi connectivity index (χ2n) is 5.06. The maximum atomic E-state index is 13.0. The van der Waals surface area contributed by atoms with Gasteiger partial charge in [-0.3, -0.25) is 10.1 Å². The summed E-state index contributed by atoms with van der Waals surface area (Å²) in [6.45, 7) is 0.249. The fourth-order valence-electron chi connectivity index (χ4n) is 2.45. The van der Waals surface area contributed by atoms with Gasteiger partial charge in [-0.1, -0.05) is 19.3 Å². The summed E-state index contributed by atoms with van der Waals surface area (Å²) < 4.78 is 13.0. The zero-order valence-electron chi connectivity index (χ0n) is 10.6. The van der Waals surface area contributed by atoms with Gasteiger partial charge < -0.3 is 10.4 Å². The number of hydrogen-bond acceptors (Lipinski definition) is 4. The highest BCUT2D eigenvalue weighted by atomic mass is 19.1. The Labute approximate surface area is 110 Å². The fraction of sp³-hybridized carbons (Fsp3) is 0.538. The van der Waals surface area contributed by atoms with Crippen LogP contribution in [0.25, 0.3) is 0 Å². The molecule has 6 heteroatoms. The Morgan fingerprint density at radius 3 is 2.68 bits per heavy atom. The van der Waals surface area contributed by atoms with Crippen molar-refractivity contribution in [2.24, 2.45) is 0 Å². The number of hydrogen-bond donors (Lipinski definition) is 2. The number of nitro benzene ring substituents is 1. The van der Waals surface area contributed by atoms with Crippen LogP contribution < -0.4 is 5.32 Å². The van der Waals surface area contributed by atoms with Gasteiger partial charge in [0, 0.05) is 6.54 Å². The first-order valence-electron chi connectivity index (χ1n) is 6.40. The van der Waals surface area contributed by atoms with Crippen LogP contribution in [0, 0.1) is 15.9 Å². The summed E-state index contributed by atoms with van der Waals surface area (Å²) in [5.41, 5.74) is -0.884. The van der Waals surface area contributed by atoms with E-state index in [4.69, 9.17) is 0 Å². The monoisotopic (exact) mass is 268 g/mol. The molecule has 1 aliphatic carbocycles. The third kappa shape index (κ3) is 3.41. The Hall–Kier alpha value is -1.69. The molecule has 1 fully saturated rings. The number of aliphatic hydroxyl groups is 1. The van der Waals surface area contributed by atoms with E-state index in [1.54, 1.807) is 0 Å². The average molecular weight is 268 g/mol. The molecule has 0 atom stereocenters. The SMILES string of the molecule is O=[N+]([O-])c1cc(F)ccc1NCC1(O)CCCCC1. The summed E-state index contributed by atoms with van der Waals surface area (Å²) in [6.07, 6.45) is 4.41. The number of anilines is 1. The summed E-state index contributed by atoms with van der Waals surface area (Å²) in [5, 5.41) is 24.0. The van der Waals surface area contributed by atoms with E-state index >= 15 is 0 Å². The molecule has 2 rings (SSSR count). The quantitative estimate of drug-likeness (QED) is 0.650. The first-order valence-corrected chi connectivity index (χ1v) is 6.40. The molecule has 1 saturated carbocycles. The smallest absolute Gasteiger partial charge is 0.295 e. The molecule has 1 aromatic carbocycles. The third-order valence-electron chi connectivity index (χ3n) is 3.55. The van der Waals surface area contributed by atoms with Gasteiger partial charge in [-0.2, -0.15) is 0 Å². The van der Waals surface area contributed by atoms with Crippen LogP contribution in [0.2, 0.25) is 0 Å². The summed E-state index contributed by atoms with van der Waals surface area (Å²) in [6, 6.07) is 3.38. The van der Waals surface area contributed by atoms with Gasteiger partial charge in [-0.05, 0) is 25.0 Å². The molecule has 0 aliphatic heterocycles. The normalized spacial score (nSPS) is 18.0. The fourth-order valence-corrected chi connectivity index (χ4v) is 2.45. The van der Waals surface area contributed by atoms with Crippen molar-refractivity contribution in [2.45, 2.75) is 37.7 Å². The van der Waals surface area contributed by atoms with E-state index in [0.29, 0.717) is 12.8 Å². The molecule has 1 aliphatic rings. The predicted octanol–water partition coefficient (Wildman–Crippen LogP) is 2.84. The van der Waals surface area contributed by atoms with Crippen LogP contribution in [0.3, 0.4) is 0 Å². The average Bonchev–Trinajstić information content (AvgIpc) is 2.38. The van der Waals surface area contributed by atoms with Crippen molar-refractivity contribution in [3.05, 3.63) is 34.1 Å². The number of nitro groups is 1. The van der Waals surface area contributed by atoms with Gasteiger partial charge in [-0.25, -0.2) is 4.39 Å². The van der Waals surface area contributed by atoms with E-state index in [-0.39, 0.29) is 17.9 Å². The van der Waals surface area contributed by atoms with Gasteiger partial charge in [-0.15, -0.1) is 0 Å². The van der Waals surface area contributed by atoms with Crippen LogP contribution >= 0.6 is 0 Å². The van der Waals surface area contributed by atoms with Gasteiger partial charge in [0.1, 0.15) is 11.5 Å². The maximum absolute atomic E-state index is 13.0. The minimum Gasteiger partial charge on any atom is -0.388 e. The molecule has 104 valence electrons. The van der Waals surface area contributed by atoms with Crippen molar-refractivity contribution in [3.63, 3.8) is 0 Å². The highest BCUT2D eigenvalue weighted by Crippen LogP contribution is 2.30. The topological polar surface area (TPSA) is 75.4 Å². The van der Waals surface area contributed by atoms with Crippen molar-refractivity contribution < 1.29 is 14.4 Å². The van der Waals surface area contributed by atoms with E-state index in [9.17, 15) is 19.6 Å². The molecular formula is C13H17FN2O3. The molecule has 0 unspecified atom stereocenters. The van der Waals surface area contributed by atoms with Crippen LogP contribution in [0.1, 0.15) is 32.1 Å². The molecule has 5 nitrogen and oxygen atoms in total. The van der Waals surface area contributed by atoms with E-state index in [1.165, 1.54) is 12.1 Å². The molecule has 0 spiro atoms. The van der Waals surface area contributed by atoms with Crippen molar-refractivity contribution in [3.8, 4) is 0 Å². The van der Waals surface area contributed by atoms with Gasteiger partial charge >= 0.3 is 0 Å². The molecule has 0 bridgehead atoms. The standard InChI is InChI=1S/C13H17FN2O3/c14-10-4-5-11(12(8-10)16(18)19)15-9-13(17)6-2-1-3-7-13/h4-5,8,15,17H,1-3,6-7,9H2. The molecule has 19 heavy (non-hydrogen) atoms. The van der Waals surface area contributed by atoms with Crippen molar-refractivity contribution in [2.75, 3.05) is 11.9 Å². The number of nitrogens with one attached hydrogen (secondary N) is 1. The lowest BCUT2D eigenvalue weighted by Gasteiger charge is -2.32. The minimum absolute atomic E-state index is 0.241. The summed E-state index contributed by atoms with van der Waals surface area (Å²) in [7, 11) is 0. The molecule has 0 amide bonds. The summed E-state index contributed by atoms with van der Waals surface area (Å²) >= 11 is 0. The minimum atomic E-state index is -0.819. The lowest BCUT2D eigenvalue weighted by molar-refractivity contribution is -0.384. The van der Waals surface area contributed by atoms with Gasteiger partial charge in [0.2, 0.25) is 0 Å². The molecule has 2 N–H and O–H groups in total. The van der Waals surface area contributed by atoms with E-state index < -0.39 is 16.3 Å². The Morgan fingerprint density at radius 1 is 1.37 bits per heavy atom. The molecule has 0 aromatic heterocycles. The number of nitrogens with zero attached hydrogens (tertiary/aromatic N) is 1. The van der Waals surface area contributed by atoms with Crippen LogP contribution in [-0.4, -0.2) is 22.2 Å². The maximum Gasteiger partial charge on any atom is 0.295 e. The van der Waals surface area contributed by atoms with Crippen molar-refractivity contribution in [1.82, 2.24) is 0 Å². The Morgan fingerprint density at radius 2 is 2.05 bits per heavy atom. The van der Waals surface area contributed by atoms with Crippen LogP contribution in [0.4, 0.5) is 15.8 Å². The Kier molecular flexibility index (Phi) is 3.99. The van der Waals surface area contributed by atoms with E-state index in [0.717, 1.165) is 25.3 Å². The van der Waals surface area contributed by atoms with Crippen LogP contribution in [0.5, 0.6) is 0 Å². The van der Waals surface area contributed by atoms with E-state index in [1.807, 2.05) is 0 Å². The molecular weight excluding hydrogens is 251 g/mol. The van der Waals surface area contributed by atoms with E-state index in [2.05, 4.69) is 5.32 Å². The molecule has 0 radical (unpaired) electrons. The lowest BCUT2D eigenvalue weighted by Crippen LogP contribution is -2.38. The number of rotatable bonds is 4. The predicted molar refractivity (Wildman–Crippen MR) is 69.6 cm³/mol. The zero-order chi connectivity index (χ0) is 13.9. The molecule has 0 saturated heterocycles. The summed E-state index contributed by atoms with van der Waals surface area (Å²) in [4.78, 5) is 10.2. The Bertz CT molecular complexity index is 473. The van der Waals surface area contributed by atoms with Crippen molar-refractivity contribution in [1.29, 1.82) is 0 Å². The van der Waals surface area contributed by atoms with Gasteiger partial charge in [0.15, 0.2) is 0 Å².